The molecule has 184 valence electrons. The first kappa shape index (κ1) is 25.2. The van der Waals surface area contributed by atoms with Crippen molar-refractivity contribution in [3.63, 3.8) is 0 Å². The first-order valence-electron chi connectivity index (χ1n) is 11.8. The van der Waals surface area contributed by atoms with Crippen molar-refractivity contribution in [1.29, 1.82) is 0 Å². The number of benzene rings is 3. The van der Waals surface area contributed by atoms with Gasteiger partial charge >= 0.3 is 0 Å². The normalized spacial score (nSPS) is 14.4. The van der Waals surface area contributed by atoms with E-state index in [-0.39, 0.29) is 11.4 Å². The van der Waals surface area contributed by atoms with Crippen molar-refractivity contribution in [3.8, 4) is 0 Å². The van der Waals surface area contributed by atoms with Gasteiger partial charge in [0, 0.05) is 18.1 Å². The maximum Gasteiger partial charge on any atom is 0.264 e. The molecule has 0 saturated carbocycles. The highest BCUT2D eigenvalue weighted by Crippen LogP contribution is 2.26. The van der Waals surface area contributed by atoms with Gasteiger partial charge in [-0.1, -0.05) is 66.6 Å². The van der Waals surface area contributed by atoms with Crippen LogP contribution in [0.1, 0.15) is 30.4 Å². The number of rotatable bonds is 9. The van der Waals surface area contributed by atoms with Gasteiger partial charge in [0.1, 0.15) is 6.54 Å². The number of nitrogens with one attached hydrogen (secondary N) is 1. The zero-order valence-electron chi connectivity index (χ0n) is 19.6. The Balaban J connectivity index is 1.42. The van der Waals surface area contributed by atoms with Crippen LogP contribution in [0.25, 0.3) is 0 Å². The molecule has 1 fully saturated rings. The van der Waals surface area contributed by atoms with E-state index in [1.165, 1.54) is 43.0 Å². The van der Waals surface area contributed by atoms with Crippen molar-refractivity contribution in [3.05, 3.63) is 95.0 Å². The predicted molar refractivity (Wildman–Crippen MR) is 140 cm³/mol. The summed E-state index contributed by atoms with van der Waals surface area (Å²) >= 11 is 6.11. The van der Waals surface area contributed by atoms with Crippen LogP contribution in [0.2, 0.25) is 5.02 Å². The quantitative estimate of drug-likeness (QED) is 0.446. The topological polar surface area (TPSA) is 69.7 Å². The molecule has 0 radical (unpaired) electrons. The lowest BCUT2D eigenvalue weighted by Crippen LogP contribution is -2.40. The molecule has 0 aromatic heterocycles. The van der Waals surface area contributed by atoms with Gasteiger partial charge in [-0.05, 0) is 67.4 Å². The molecule has 0 unspecified atom stereocenters. The zero-order valence-corrected chi connectivity index (χ0v) is 21.1. The highest BCUT2D eigenvalue weighted by Gasteiger charge is 2.27. The molecule has 8 heteroatoms. The lowest BCUT2D eigenvalue weighted by Gasteiger charge is -2.26. The minimum Gasteiger partial charge on any atom is -0.350 e. The second kappa shape index (κ2) is 11.7. The highest BCUT2D eigenvalue weighted by atomic mass is 35.5. The number of nitrogens with zero attached hydrogens (tertiary/aromatic N) is 2. The Morgan fingerprint density at radius 2 is 1.57 bits per heavy atom. The van der Waals surface area contributed by atoms with Crippen LogP contribution in [0.4, 0.5) is 5.69 Å². The Kier molecular flexibility index (Phi) is 8.44. The van der Waals surface area contributed by atoms with E-state index in [1.807, 2.05) is 12.1 Å². The Morgan fingerprint density at radius 3 is 2.26 bits per heavy atom. The van der Waals surface area contributed by atoms with Crippen molar-refractivity contribution in [2.75, 3.05) is 23.9 Å². The molecule has 1 N–H and O–H groups in total. The summed E-state index contributed by atoms with van der Waals surface area (Å²) < 4.78 is 27.8. The third kappa shape index (κ3) is 6.84. The van der Waals surface area contributed by atoms with Gasteiger partial charge in [0.15, 0.2) is 0 Å². The number of halogens is 1. The molecule has 0 atom stereocenters. The Bertz CT molecular complexity index is 1230. The number of piperidine rings is 1. The van der Waals surface area contributed by atoms with E-state index in [1.54, 1.807) is 36.4 Å². The van der Waals surface area contributed by atoms with Crippen LogP contribution in [0, 0.1) is 0 Å². The van der Waals surface area contributed by atoms with Gasteiger partial charge in [0.2, 0.25) is 5.91 Å². The van der Waals surface area contributed by atoms with Gasteiger partial charge in [0.25, 0.3) is 10.0 Å². The second-order valence-electron chi connectivity index (χ2n) is 8.73. The molecule has 1 aliphatic rings. The third-order valence-corrected chi connectivity index (χ3v) is 8.11. The van der Waals surface area contributed by atoms with Gasteiger partial charge in [0.05, 0.1) is 10.6 Å². The van der Waals surface area contributed by atoms with Crippen LogP contribution < -0.4 is 9.62 Å². The summed E-state index contributed by atoms with van der Waals surface area (Å²) in [6.45, 7) is 3.19. The molecule has 4 rings (SSSR count). The van der Waals surface area contributed by atoms with Gasteiger partial charge in [-0.15, -0.1) is 0 Å². The number of hydrogen-bond acceptors (Lipinski definition) is 4. The number of likely N-dealkylation sites (tertiary alicyclic amines) is 1. The summed E-state index contributed by atoms with van der Waals surface area (Å²) in [5.41, 5.74) is 2.54. The number of hydrogen-bond donors (Lipinski definition) is 1. The van der Waals surface area contributed by atoms with E-state index in [4.69, 9.17) is 11.6 Å². The summed E-state index contributed by atoms with van der Waals surface area (Å²) in [7, 11) is -3.96. The third-order valence-electron chi connectivity index (χ3n) is 6.08. The zero-order chi connectivity index (χ0) is 24.7. The molecule has 0 bridgehead atoms. The minimum atomic E-state index is -3.96. The fourth-order valence-corrected chi connectivity index (χ4v) is 5.81. The van der Waals surface area contributed by atoms with E-state index in [0.29, 0.717) is 17.3 Å². The van der Waals surface area contributed by atoms with Crippen molar-refractivity contribution < 1.29 is 13.2 Å². The maximum absolute atomic E-state index is 13.4. The number of sulfonamides is 1. The Labute approximate surface area is 212 Å². The van der Waals surface area contributed by atoms with Gasteiger partial charge < -0.3 is 5.32 Å². The fraction of sp³-hybridized carbons (Fsp3) is 0.296. The lowest BCUT2D eigenvalue weighted by molar-refractivity contribution is -0.119. The highest BCUT2D eigenvalue weighted by molar-refractivity contribution is 7.92. The van der Waals surface area contributed by atoms with Crippen LogP contribution in [-0.4, -0.2) is 38.9 Å². The number of carbonyl (C=O) groups is 1. The van der Waals surface area contributed by atoms with E-state index in [2.05, 4.69) is 22.3 Å². The standard InChI is InChI=1S/C27H30ClN3O3S/c28-24-8-7-9-25(18-24)31(35(33,34)26-10-3-1-4-11-26)21-27(32)29-19-22-12-14-23(15-13-22)20-30-16-5-2-6-17-30/h1,3-4,7-15,18H,2,5-6,16-17,19-21H2,(H,29,32). The Morgan fingerprint density at radius 1 is 0.886 bits per heavy atom. The van der Waals surface area contributed by atoms with Crippen LogP contribution in [-0.2, 0) is 27.9 Å². The fourth-order valence-electron chi connectivity index (χ4n) is 4.19. The molecular weight excluding hydrogens is 482 g/mol. The summed E-state index contributed by atoms with van der Waals surface area (Å²) in [6, 6.07) is 22.8. The molecule has 0 aliphatic carbocycles. The molecule has 3 aromatic rings. The summed E-state index contributed by atoms with van der Waals surface area (Å²) in [5.74, 6) is -0.401. The first-order valence-corrected chi connectivity index (χ1v) is 13.6. The van der Waals surface area contributed by atoms with Gasteiger partial charge in [-0.2, -0.15) is 0 Å². The lowest BCUT2D eigenvalue weighted by atomic mass is 10.1. The van der Waals surface area contributed by atoms with E-state index < -0.39 is 15.9 Å². The average molecular weight is 512 g/mol. The first-order chi connectivity index (χ1) is 16.9. The molecule has 35 heavy (non-hydrogen) atoms. The smallest absolute Gasteiger partial charge is 0.264 e. The van der Waals surface area contributed by atoms with E-state index in [0.717, 1.165) is 29.5 Å². The van der Waals surface area contributed by atoms with Crippen LogP contribution in [0.3, 0.4) is 0 Å². The average Bonchev–Trinajstić information content (AvgIpc) is 2.88. The van der Waals surface area contributed by atoms with Crippen molar-refractivity contribution in [2.45, 2.75) is 37.2 Å². The van der Waals surface area contributed by atoms with Crippen molar-refractivity contribution in [2.24, 2.45) is 0 Å². The van der Waals surface area contributed by atoms with E-state index in [9.17, 15) is 13.2 Å². The molecule has 1 heterocycles. The minimum absolute atomic E-state index is 0.108. The molecule has 3 aromatic carbocycles. The van der Waals surface area contributed by atoms with E-state index >= 15 is 0 Å². The number of amides is 1. The van der Waals surface area contributed by atoms with Crippen molar-refractivity contribution in [1.82, 2.24) is 10.2 Å². The van der Waals surface area contributed by atoms with Crippen LogP contribution in [0.15, 0.2) is 83.8 Å². The summed E-state index contributed by atoms with van der Waals surface area (Å²) in [4.78, 5) is 15.4. The van der Waals surface area contributed by atoms with Crippen LogP contribution >= 0.6 is 11.6 Å². The number of anilines is 1. The van der Waals surface area contributed by atoms with Gasteiger partial charge in [-0.25, -0.2) is 8.42 Å². The molecule has 0 spiro atoms. The monoisotopic (exact) mass is 511 g/mol. The largest absolute Gasteiger partial charge is 0.350 e. The number of carbonyl (C=O) groups excluding carboxylic acids is 1. The SMILES string of the molecule is O=C(CN(c1cccc(Cl)c1)S(=O)(=O)c1ccccc1)NCc1ccc(CN2CCCCC2)cc1. The molecular formula is C27H30ClN3O3S. The maximum atomic E-state index is 13.4. The molecule has 1 aliphatic heterocycles. The summed E-state index contributed by atoms with van der Waals surface area (Å²) in [6.07, 6.45) is 3.84. The predicted octanol–water partition coefficient (Wildman–Crippen LogP) is 4.84. The van der Waals surface area contributed by atoms with Crippen LogP contribution in [0.5, 0.6) is 0 Å². The Hall–Kier alpha value is -2.87. The summed E-state index contributed by atoms with van der Waals surface area (Å²) in [5, 5.41) is 3.24. The van der Waals surface area contributed by atoms with Crippen molar-refractivity contribution >= 4 is 33.2 Å². The molecule has 1 saturated heterocycles. The molecule has 6 nitrogen and oxygen atoms in total. The molecule has 1 amide bonds. The van der Waals surface area contributed by atoms with Gasteiger partial charge in [-0.3, -0.25) is 14.0 Å². The second-order valence-corrected chi connectivity index (χ2v) is 11.0.